The number of sulfonamides is 1. The molecule has 0 amide bonds. The van der Waals surface area contributed by atoms with Gasteiger partial charge in [0.05, 0.1) is 4.90 Å². The van der Waals surface area contributed by atoms with Gasteiger partial charge in [0.25, 0.3) is 0 Å². The van der Waals surface area contributed by atoms with E-state index in [4.69, 9.17) is 4.74 Å². The van der Waals surface area contributed by atoms with E-state index in [0.29, 0.717) is 10.8 Å². The Kier molecular flexibility index (Phi) is 4.32. The van der Waals surface area contributed by atoms with E-state index >= 15 is 0 Å². The molecule has 2 fully saturated rings. The van der Waals surface area contributed by atoms with Crippen molar-refractivity contribution in [3.05, 3.63) is 29.8 Å². The van der Waals surface area contributed by atoms with E-state index in [1.165, 1.54) is 0 Å². The number of hydrogen-bond donors (Lipinski definition) is 1. The average molecular weight is 323 g/mol. The van der Waals surface area contributed by atoms with Crippen LogP contribution in [0.4, 0.5) is 0 Å². The van der Waals surface area contributed by atoms with Crippen molar-refractivity contribution < 1.29 is 13.2 Å². The van der Waals surface area contributed by atoms with Gasteiger partial charge in [-0.05, 0) is 54.7 Å². The van der Waals surface area contributed by atoms with Gasteiger partial charge >= 0.3 is 0 Å². The van der Waals surface area contributed by atoms with E-state index in [2.05, 4.69) is 18.6 Å². The Bertz CT molecular complexity index is 616. The third-order valence-corrected chi connectivity index (χ3v) is 6.80. The van der Waals surface area contributed by atoms with Crippen LogP contribution in [0.3, 0.4) is 0 Å². The molecule has 1 N–H and O–H groups in total. The fraction of sp³-hybridized carbons (Fsp3) is 0.647. The lowest BCUT2D eigenvalue weighted by Gasteiger charge is -2.51. The van der Waals surface area contributed by atoms with E-state index in [0.717, 1.165) is 44.5 Å². The van der Waals surface area contributed by atoms with Gasteiger partial charge in [0.2, 0.25) is 10.0 Å². The Morgan fingerprint density at radius 2 is 1.77 bits per heavy atom. The molecule has 1 aromatic carbocycles. The second-order valence-corrected chi connectivity index (χ2v) is 8.63. The zero-order chi connectivity index (χ0) is 15.8. The van der Waals surface area contributed by atoms with Crippen molar-refractivity contribution in [2.75, 3.05) is 13.2 Å². The van der Waals surface area contributed by atoms with Crippen molar-refractivity contribution in [2.45, 2.75) is 56.4 Å². The van der Waals surface area contributed by atoms with Crippen LogP contribution in [0.15, 0.2) is 29.2 Å². The van der Waals surface area contributed by atoms with Crippen LogP contribution in [-0.2, 0) is 14.8 Å². The maximum absolute atomic E-state index is 12.6. The minimum absolute atomic E-state index is 0.0613. The fourth-order valence-electron chi connectivity index (χ4n) is 3.54. The van der Waals surface area contributed by atoms with Crippen LogP contribution in [0.25, 0.3) is 0 Å². The first-order valence-electron chi connectivity index (χ1n) is 8.13. The van der Waals surface area contributed by atoms with Crippen molar-refractivity contribution in [1.29, 1.82) is 0 Å². The maximum atomic E-state index is 12.6. The minimum atomic E-state index is -3.43. The lowest BCUT2D eigenvalue weighted by molar-refractivity contribution is -0.0483. The van der Waals surface area contributed by atoms with Crippen LogP contribution >= 0.6 is 0 Å². The Balaban J connectivity index is 1.73. The van der Waals surface area contributed by atoms with Gasteiger partial charge in [0, 0.05) is 19.3 Å². The molecule has 0 radical (unpaired) electrons. The molecule has 122 valence electrons. The summed E-state index contributed by atoms with van der Waals surface area (Å²) in [6.45, 7) is 5.71. The van der Waals surface area contributed by atoms with E-state index in [1.54, 1.807) is 12.1 Å². The largest absolute Gasteiger partial charge is 0.381 e. The van der Waals surface area contributed by atoms with Crippen molar-refractivity contribution in [2.24, 2.45) is 5.41 Å². The lowest BCUT2D eigenvalue weighted by atomic mass is 9.60. The summed E-state index contributed by atoms with van der Waals surface area (Å²) in [5.41, 5.74) is 1.28. The number of ether oxygens (including phenoxy) is 1. The monoisotopic (exact) mass is 323 g/mol. The summed E-state index contributed by atoms with van der Waals surface area (Å²) in [5, 5.41) is 0. The van der Waals surface area contributed by atoms with Gasteiger partial charge in [-0.2, -0.15) is 0 Å². The molecule has 1 unspecified atom stereocenters. The third-order valence-electron chi connectivity index (χ3n) is 5.31. The molecule has 1 spiro atoms. The van der Waals surface area contributed by atoms with Gasteiger partial charge in [-0.1, -0.05) is 26.0 Å². The highest BCUT2D eigenvalue weighted by atomic mass is 32.2. The highest BCUT2D eigenvalue weighted by Crippen LogP contribution is 2.49. The molecule has 0 bridgehead atoms. The molecule has 0 aromatic heterocycles. The van der Waals surface area contributed by atoms with E-state index in [1.807, 2.05) is 12.1 Å². The molecule has 1 heterocycles. The van der Waals surface area contributed by atoms with Gasteiger partial charge in [0.15, 0.2) is 0 Å². The normalized spacial score (nSPS) is 24.4. The zero-order valence-corrected chi connectivity index (χ0v) is 14.2. The molecule has 1 aromatic rings. The Morgan fingerprint density at radius 1 is 1.14 bits per heavy atom. The van der Waals surface area contributed by atoms with Crippen LogP contribution in [0, 0.1) is 5.41 Å². The predicted octanol–water partition coefficient (Wildman–Crippen LogP) is 3.05. The molecule has 22 heavy (non-hydrogen) atoms. The number of hydrogen-bond acceptors (Lipinski definition) is 3. The summed E-state index contributed by atoms with van der Waals surface area (Å²) >= 11 is 0. The van der Waals surface area contributed by atoms with Crippen molar-refractivity contribution in [1.82, 2.24) is 4.72 Å². The Hall–Kier alpha value is -0.910. The minimum Gasteiger partial charge on any atom is -0.381 e. The molecule has 5 heteroatoms. The summed E-state index contributed by atoms with van der Waals surface area (Å²) in [4.78, 5) is 0.367. The van der Waals surface area contributed by atoms with Crippen molar-refractivity contribution in [3.63, 3.8) is 0 Å². The van der Waals surface area contributed by atoms with Crippen molar-refractivity contribution >= 4 is 10.0 Å². The van der Waals surface area contributed by atoms with Gasteiger partial charge in [-0.15, -0.1) is 0 Å². The smallest absolute Gasteiger partial charge is 0.240 e. The molecule has 1 atom stereocenters. The Morgan fingerprint density at radius 3 is 2.27 bits per heavy atom. The predicted molar refractivity (Wildman–Crippen MR) is 86.4 cm³/mol. The standard InChI is InChI=1S/C17H25NO3S/c1-13(2)14-3-5-15(6-4-14)22(19,20)18-16-7-8-17(16)9-11-21-12-10-17/h3-6,13,16,18H,7-12H2,1-2H3. The molecule has 1 aliphatic carbocycles. The second-order valence-electron chi connectivity index (χ2n) is 6.91. The van der Waals surface area contributed by atoms with Crippen LogP contribution in [0.1, 0.15) is 51.0 Å². The average Bonchev–Trinajstić information content (AvgIpc) is 2.52. The summed E-state index contributed by atoms with van der Waals surface area (Å²) in [6, 6.07) is 7.31. The zero-order valence-electron chi connectivity index (χ0n) is 13.3. The van der Waals surface area contributed by atoms with Gasteiger partial charge < -0.3 is 4.74 Å². The van der Waals surface area contributed by atoms with E-state index in [9.17, 15) is 8.42 Å². The summed E-state index contributed by atoms with van der Waals surface area (Å²) in [6.07, 6.45) is 3.97. The topological polar surface area (TPSA) is 55.4 Å². The first kappa shape index (κ1) is 16.0. The van der Waals surface area contributed by atoms with Crippen LogP contribution in [-0.4, -0.2) is 27.7 Å². The van der Waals surface area contributed by atoms with Crippen molar-refractivity contribution in [3.8, 4) is 0 Å². The van der Waals surface area contributed by atoms with Crippen LogP contribution in [0.2, 0.25) is 0 Å². The SMILES string of the molecule is CC(C)c1ccc(S(=O)(=O)NC2CCC23CCOCC3)cc1. The lowest BCUT2D eigenvalue weighted by Crippen LogP contribution is -2.57. The number of benzene rings is 1. The molecule has 1 saturated heterocycles. The molecular formula is C17H25NO3S. The molecule has 1 aliphatic heterocycles. The number of nitrogens with one attached hydrogen (secondary N) is 1. The van der Waals surface area contributed by atoms with Crippen LogP contribution in [0.5, 0.6) is 0 Å². The fourth-order valence-corrected chi connectivity index (χ4v) is 4.92. The van der Waals surface area contributed by atoms with E-state index in [-0.39, 0.29) is 11.5 Å². The van der Waals surface area contributed by atoms with Gasteiger partial charge in [0.1, 0.15) is 0 Å². The first-order chi connectivity index (χ1) is 10.4. The summed E-state index contributed by atoms with van der Waals surface area (Å²) in [5.74, 6) is 0.404. The molecule has 2 aliphatic rings. The molecule has 3 rings (SSSR count). The molecule has 4 nitrogen and oxygen atoms in total. The first-order valence-corrected chi connectivity index (χ1v) is 9.61. The quantitative estimate of drug-likeness (QED) is 0.926. The maximum Gasteiger partial charge on any atom is 0.240 e. The third kappa shape index (κ3) is 2.94. The summed E-state index contributed by atoms with van der Waals surface area (Å²) < 4.78 is 33.6. The van der Waals surface area contributed by atoms with E-state index < -0.39 is 10.0 Å². The highest BCUT2D eigenvalue weighted by Gasteiger charge is 2.48. The van der Waals surface area contributed by atoms with Crippen LogP contribution < -0.4 is 4.72 Å². The van der Waals surface area contributed by atoms with Gasteiger partial charge in [-0.3, -0.25) is 0 Å². The number of rotatable bonds is 4. The second kappa shape index (κ2) is 5.95. The highest BCUT2D eigenvalue weighted by molar-refractivity contribution is 7.89. The van der Waals surface area contributed by atoms with Gasteiger partial charge in [-0.25, -0.2) is 13.1 Å². The Labute approximate surface area is 133 Å². The molecule has 1 saturated carbocycles. The summed E-state index contributed by atoms with van der Waals surface area (Å²) in [7, 11) is -3.43. The molecular weight excluding hydrogens is 298 g/mol.